The molecule has 0 spiro atoms. The molecule has 25 heavy (non-hydrogen) atoms. The van der Waals surface area contributed by atoms with Crippen LogP contribution >= 0.6 is 11.6 Å². The van der Waals surface area contributed by atoms with E-state index < -0.39 is 0 Å². The lowest BCUT2D eigenvalue weighted by Gasteiger charge is -2.05. The van der Waals surface area contributed by atoms with Crippen LogP contribution in [0.3, 0.4) is 0 Å². The summed E-state index contributed by atoms with van der Waals surface area (Å²) in [6, 6.07) is 7.92. The summed E-state index contributed by atoms with van der Waals surface area (Å²) in [6.07, 6.45) is 11.8. The van der Waals surface area contributed by atoms with E-state index >= 15 is 0 Å². The molecule has 1 amide bonds. The first kappa shape index (κ1) is 21.5. The summed E-state index contributed by atoms with van der Waals surface area (Å²) in [5.41, 5.74) is 6.48. The van der Waals surface area contributed by atoms with Gasteiger partial charge in [-0.2, -0.15) is 0 Å². The summed E-state index contributed by atoms with van der Waals surface area (Å²) >= 11 is 5.81. The fourth-order valence-electron chi connectivity index (χ4n) is 2.82. The molecule has 1 aliphatic carbocycles. The maximum atomic E-state index is 8.58. The summed E-state index contributed by atoms with van der Waals surface area (Å²) in [6.45, 7) is 4.04. The Morgan fingerprint density at radius 2 is 1.52 bits per heavy atom. The number of aromatic amines is 1. The first-order valence-electron chi connectivity index (χ1n) is 9.15. The molecule has 2 fully saturated rings. The van der Waals surface area contributed by atoms with Crippen molar-refractivity contribution in [2.45, 2.75) is 58.3 Å². The fraction of sp³-hybridized carbons (Fsp3) is 0.550. The number of nitrogens with one attached hydrogen (secondary N) is 1. The number of amides is 1. The lowest BCUT2D eigenvalue weighted by molar-refractivity contribution is -0.106. The molecule has 1 saturated heterocycles. The number of benzene rings is 1. The standard InChI is InChI=1S/C9H8ClN.C6H12.C4H8O.CH3NO/c1-6-4-7-5-8(10)2-3-9(7)11-6;1-2-4-6-5-3-1;1-2-4-5-3-1;2-1-3/h2-5,11H,1H3;1-6H2;1-4H2;1H,(H2,2,3). The van der Waals surface area contributed by atoms with Crippen molar-refractivity contribution in [3.8, 4) is 0 Å². The minimum atomic E-state index is 0.250. The number of aryl methyl sites for hydroxylation is 1. The average Bonchev–Trinajstić information content (AvgIpc) is 3.30. The summed E-state index contributed by atoms with van der Waals surface area (Å²) in [5, 5.41) is 1.96. The Balaban J connectivity index is 0.000000189. The van der Waals surface area contributed by atoms with Crippen molar-refractivity contribution in [3.63, 3.8) is 0 Å². The van der Waals surface area contributed by atoms with Crippen LogP contribution < -0.4 is 5.73 Å². The smallest absolute Gasteiger partial charge is 0.204 e. The molecule has 2 heterocycles. The van der Waals surface area contributed by atoms with Gasteiger partial charge in [-0.1, -0.05) is 50.1 Å². The van der Waals surface area contributed by atoms with Gasteiger partial charge in [0, 0.05) is 34.8 Å². The number of hydrogen-bond acceptors (Lipinski definition) is 2. The second-order valence-electron chi connectivity index (χ2n) is 6.26. The van der Waals surface area contributed by atoms with Crippen molar-refractivity contribution in [1.82, 2.24) is 4.98 Å². The van der Waals surface area contributed by atoms with Gasteiger partial charge in [-0.05, 0) is 44.0 Å². The zero-order valence-corrected chi connectivity index (χ0v) is 16.0. The van der Waals surface area contributed by atoms with Crippen LogP contribution in [-0.4, -0.2) is 24.6 Å². The van der Waals surface area contributed by atoms with Gasteiger partial charge < -0.3 is 15.5 Å². The van der Waals surface area contributed by atoms with Gasteiger partial charge in [-0.15, -0.1) is 0 Å². The van der Waals surface area contributed by atoms with Crippen LogP contribution in [-0.2, 0) is 9.53 Å². The van der Waals surface area contributed by atoms with Crippen LogP contribution in [0.5, 0.6) is 0 Å². The molecule has 2 aliphatic rings. The second-order valence-corrected chi connectivity index (χ2v) is 6.70. The molecule has 140 valence electrons. The molecule has 4 nitrogen and oxygen atoms in total. The van der Waals surface area contributed by atoms with Crippen molar-refractivity contribution in [2.24, 2.45) is 5.73 Å². The van der Waals surface area contributed by atoms with Crippen LogP contribution in [0.15, 0.2) is 24.3 Å². The summed E-state index contributed by atoms with van der Waals surface area (Å²) in [4.78, 5) is 11.8. The number of H-pyrrole nitrogens is 1. The Labute approximate surface area is 156 Å². The number of ether oxygens (including phenoxy) is 1. The lowest BCUT2D eigenvalue weighted by Crippen LogP contribution is -1.85. The van der Waals surface area contributed by atoms with Gasteiger partial charge in [-0.3, -0.25) is 4.79 Å². The van der Waals surface area contributed by atoms with E-state index in [0.717, 1.165) is 23.8 Å². The van der Waals surface area contributed by atoms with Gasteiger partial charge >= 0.3 is 0 Å². The Morgan fingerprint density at radius 3 is 1.96 bits per heavy atom. The third-order valence-electron chi connectivity index (χ3n) is 4.04. The van der Waals surface area contributed by atoms with Gasteiger partial charge in [0.25, 0.3) is 0 Å². The van der Waals surface area contributed by atoms with E-state index in [1.807, 2.05) is 25.1 Å². The van der Waals surface area contributed by atoms with Gasteiger partial charge in [0.15, 0.2) is 0 Å². The Bertz CT molecular complexity index is 571. The third kappa shape index (κ3) is 10.1. The molecule has 5 heteroatoms. The number of carbonyl (C=O) groups excluding carboxylic acids is 1. The Hall–Kier alpha value is -1.52. The van der Waals surface area contributed by atoms with Crippen molar-refractivity contribution >= 4 is 28.9 Å². The SMILES string of the molecule is C1CCCCC1.C1CCOC1.Cc1cc2cc(Cl)ccc2[nH]1.NC=O. The molecule has 1 aromatic carbocycles. The number of fused-ring (bicyclic) bond motifs is 1. The number of rotatable bonds is 0. The zero-order chi connectivity index (χ0) is 18.3. The second kappa shape index (κ2) is 13.7. The molecule has 4 rings (SSSR count). The summed E-state index contributed by atoms with van der Waals surface area (Å²) in [5.74, 6) is 0. The largest absolute Gasteiger partial charge is 0.381 e. The highest BCUT2D eigenvalue weighted by Crippen LogP contribution is 2.19. The molecule has 2 aromatic rings. The molecule has 0 bridgehead atoms. The molecule has 0 atom stereocenters. The van der Waals surface area contributed by atoms with Crippen LogP contribution in [0.4, 0.5) is 0 Å². The van der Waals surface area contributed by atoms with Crippen LogP contribution in [0.1, 0.15) is 57.1 Å². The number of carbonyl (C=O) groups is 1. The molecule has 0 unspecified atom stereocenters. The van der Waals surface area contributed by atoms with E-state index in [1.54, 1.807) is 0 Å². The van der Waals surface area contributed by atoms with Crippen molar-refractivity contribution < 1.29 is 9.53 Å². The minimum Gasteiger partial charge on any atom is -0.381 e. The van der Waals surface area contributed by atoms with Crippen molar-refractivity contribution in [1.29, 1.82) is 0 Å². The summed E-state index contributed by atoms with van der Waals surface area (Å²) in [7, 11) is 0. The fourth-order valence-corrected chi connectivity index (χ4v) is 3.00. The Kier molecular flexibility index (Phi) is 11.8. The van der Waals surface area contributed by atoms with E-state index in [9.17, 15) is 0 Å². The molecule has 3 N–H and O–H groups in total. The average molecular weight is 367 g/mol. The van der Waals surface area contributed by atoms with Gasteiger partial charge in [0.05, 0.1) is 0 Å². The van der Waals surface area contributed by atoms with Crippen molar-refractivity contribution in [3.05, 3.63) is 35.0 Å². The molecule has 1 aromatic heterocycles. The van der Waals surface area contributed by atoms with E-state index in [4.69, 9.17) is 21.1 Å². The predicted molar refractivity (Wildman–Crippen MR) is 106 cm³/mol. The number of aromatic nitrogens is 1. The van der Waals surface area contributed by atoms with Crippen LogP contribution in [0.2, 0.25) is 5.02 Å². The van der Waals surface area contributed by atoms with Crippen LogP contribution in [0, 0.1) is 6.92 Å². The zero-order valence-electron chi connectivity index (χ0n) is 15.2. The molecule has 1 aliphatic heterocycles. The first-order valence-corrected chi connectivity index (χ1v) is 9.53. The molecule has 1 saturated carbocycles. The molecule has 0 radical (unpaired) electrons. The highest BCUT2D eigenvalue weighted by Gasteiger charge is 1.97. The normalized spacial score (nSPS) is 15.8. The Morgan fingerprint density at radius 1 is 1.00 bits per heavy atom. The van der Waals surface area contributed by atoms with E-state index in [1.165, 1.54) is 62.4 Å². The molecular formula is C20H31ClN2O2. The van der Waals surface area contributed by atoms with E-state index in [2.05, 4.69) is 16.8 Å². The maximum Gasteiger partial charge on any atom is 0.204 e. The minimum absolute atomic E-state index is 0.250. The monoisotopic (exact) mass is 366 g/mol. The van der Waals surface area contributed by atoms with E-state index in [0.29, 0.717) is 0 Å². The third-order valence-corrected chi connectivity index (χ3v) is 4.28. The topological polar surface area (TPSA) is 68.1 Å². The predicted octanol–water partition coefficient (Wildman–Crippen LogP) is 5.37. The van der Waals surface area contributed by atoms with Crippen molar-refractivity contribution in [2.75, 3.05) is 13.2 Å². The quantitative estimate of drug-likeness (QED) is 0.615. The summed E-state index contributed by atoms with van der Waals surface area (Å²) < 4.78 is 4.94. The molecular weight excluding hydrogens is 336 g/mol. The maximum absolute atomic E-state index is 8.58. The number of halogens is 1. The van der Waals surface area contributed by atoms with Crippen LogP contribution in [0.25, 0.3) is 10.9 Å². The number of nitrogens with two attached hydrogens (primary N) is 1. The van der Waals surface area contributed by atoms with Gasteiger partial charge in [0.2, 0.25) is 6.41 Å². The van der Waals surface area contributed by atoms with Gasteiger partial charge in [-0.25, -0.2) is 0 Å². The lowest BCUT2D eigenvalue weighted by atomic mass is 10.0. The first-order chi connectivity index (χ1) is 12.2. The highest BCUT2D eigenvalue weighted by molar-refractivity contribution is 6.31. The van der Waals surface area contributed by atoms with Gasteiger partial charge in [0.1, 0.15) is 0 Å². The van der Waals surface area contributed by atoms with E-state index in [-0.39, 0.29) is 6.41 Å². The highest BCUT2D eigenvalue weighted by atomic mass is 35.5. The number of hydrogen-bond donors (Lipinski definition) is 2. The number of primary amides is 1.